The van der Waals surface area contributed by atoms with Gasteiger partial charge in [0.15, 0.2) is 0 Å². The number of ether oxygens (including phenoxy) is 1. The van der Waals surface area contributed by atoms with Crippen LogP contribution in [0, 0.1) is 13.8 Å². The first kappa shape index (κ1) is 16.4. The van der Waals surface area contributed by atoms with E-state index in [9.17, 15) is 0 Å². The molecule has 3 aromatic rings. The van der Waals surface area contributed by atoms with Crippen molar-refractivity contribution in [1.29, 1.82) is 0 Å². The van der Waals surface area contributed by atoms with Crippen LogP contribution >= 0.6 is 22.9 Å². The Balaban J connectivity index is 1.60. The number of aryl methyl sites for hydroxylation is 2. The van der Waals surface area contributed by atoms with Crippen molar-refractivity contribution in [1.82, 2.24) is 10.3 Å². The predicted octanol–water partition coefficient (Wildman–Crippen LogP) is 4.63. The van der Waals surface area contributed by atoms with Crippen LogP contribution in [0.4, 0.5) is 0 Å². The van der Waals surface area contributed by atoms with Crippen LogP contribution in [0.2, 0.25) is 5.02 Å². The largest absolute Gasteiger partial charge is 0.497 e. The SMILES string of the molecule is COc1ccc(CNC2=NCc3c2sc2nc(C)c(Cl)c(C)c32)cc1. The van der Waals surface area contributed by atoms with E-state index in [0.717, 1.165) is 39.2 Å². The first-order valence-corrected chi connectivity index (χ1v) is 9.27. The number of methoxy groups -OCH3 is 1. The van der Waals surface area contributed by atoms with Gasteiger partial charge in [0.1, 0.15) is 16.4 Å². The van der Waals surface area contributed by atoms with E-state index in [-0.39, 0.29) is 0 Å². The molecule has 25 heavy (non-hydrogen) atoms. The van der Waals surface area contributed by atoms with Crippen LogP contribution in [0.25, 0.3) is 10.2 Å². The van der Waals surface area contributed by atoms with Crippen molar-refractivity contribution in [3.05, 3.63) is 56.5 Å². The maximum atomic E-state index is 6.40. The molecule has 1 N–H and O–H groups in total. The Kier molecular flexibility index (Phi) is 4.13. The molecule has 128 valence electrons. The lowest BCUT2D eigenvalue weighted by Crippen LogP contribution is -2.21. The molecule has 4 rings (SSSR count). The average Bonchev–Trinajstić information content (AvgIpc) is 3.17. The molecule has 0 saturated carbocycles. The monoisotopic (exact) mass is 371 g/mol. The number of thiophene rings is 1. The van der Waals surface area contributed by atoms with Crippen molar-refractivity contribution in [2.24, 2.45) is 4.99 Å². The number of hydrogen-bond acceptors (Lipinski definition) is 5. The Labute approximate surface area is 155 Å². The number of amidine groups is 1. The molecular weight excluding hydrogens is 354 g/mol. The number of aliphatic imine (C=N–C) groups is 1. The number of halogens is 1. The van der Waals surface area contributed by atoms with Gasteiger partial charge in [-0.3, -0.25) is 4.99 Å². The zero-order valence-corrected chi connectivity index (χ0v) is 15.9. The number of benzene rings is 1. The quantitative estimate of drug-likeness (QED) is 0.730. The van der Waals surface area contributed by atoms with Crippen molar-refractivity contribution in [3.63, 3.8) is 0 Å². The summed E-state index contributed by atoms with van der Waals surface area (Å²) in [7, 11) is 1.67. The Hall–Kier alpha value is -2.11. The molecule has 0 amide bonds. The Morgan fingerprint density at radius 3 is 2.72 bits per heavy atom. The third kappa shape index (κ3) is 2.77. The molecule has 0 unspecified atom stereocenters. The number of fused-ring (bicyclic) bond motifs is 3. The van der Waals surface area contributed by atoms with E-state index in [1.807, 2.05) is 19.1 Å². The van der Waals surface area contributed by atoms with Crippen LogP contribution in [0.15, 0.2) is 29.3 Å². The summed E-state index contributed by atoms with van der Waals surface area (Å²) in [6.07, 6.45) is 0. The van der Waals surface area contributed by atoms with E-state index < -0.39 is 0 Å². The van der Waals surface area contributed by atoms with E-state index >= 15 is 0 Å². The standard InChI is InChI=1S/C19H18ClN3OS/c1-10-15-14-9-22-18(17(14)25-19(15)23-11(2)16(10)20)21-8-12-4-6-13(24-3)7-5-12/h4-7H,8-9H2,1-3H3,(H,21,22). The second-order valence-electron chi connectivity index (χ2n) is 6.09. The number of nitrogens with zero attached hydrogens (tertiary/aromatic N) is 2. The summed E-state index contributed by atoms with van der Waals surface area (Å²) >= 11 is 8.09. The van der Waals surface area contributed by atoms with Crippen molar-refractivity contribution in [3.8, 4) is 5.75 Å². The Morgan fingerprint density at radius 2 is 2.00 bits per heavy atom. The van der Waals surface area contributed by atoms with Gasteiger partial charge in [-0.2, -0.15) is 0 Å². The minimum atomic E-state index is 0.683. The molecule has 4 nitrogen and oxygen atoms in total. The molecule has 0 aliphatic carbocycles. The minimum Gasteiger partial charge on any atom is -0.497 e. The molecule has 0 fully saturated rings. The zero-order chi connectivity index (χ0) is 17.6. The fourth-order valence-corrected chi connectivity index (χ4v) is 4.55. The lowest BCUT2D eigenvalue weighted by atomic mass is 10.1. The minimum absolute atomic E-state index is 0.683. The van der Waals surface area contributed by atoms with Gasteiger partial charge >= 0.3 is 0 Å². The lowest BCUT2D eigenvalue weighted by Gasteiger charge is -2.07. The van der Waals surface area contributed by atoms with Gasteiger partial charge in [0.25, 0.3) is 0 Å². The summed E-state index contributed by atoms with van der Waals surface area (Å²) in [6.45, 7) is 5.43. The van der Waals surface area contributed by atoms with Crippen LogP contribution in [-0.2, 0) is 13.1 Å². The molecule has 0 saturated heterocycles. The first-order chi connectivity index (χ1) is 12.1. The lowest BCUT2D eigenvalue weighted by molar-refractivity contribution is 0.414. The van der Waals surface area contributed by atoms with Crippen molar-refractivity contribution >= 4 is 39.0 Å². The van der Waals surface area contributed by atoms with Gasteiger partial charge < -0.3 is 10.1 Å². The highest BCUT2D eigenvalue weighted by atomic mass is 35.5. The smallest absolute Gasteiger partial charge is 0.139 e. The second kappa shape index (κ2) is 6.32. The zero-order valence-electron chi connectivity index (χ0n) is 14.3. The second-order valence-corrected chi connectivity index (χ2v) is 7.47. The normalized spacial score (nSPS) is 13.0. The molecule has 0 bridgehead atoms. The number of nitrogens with one attached hydrogen (secondary N) is 1. The van der Waals surface area contributed by atoms with E-state index in [1.165, 1.54) is 21.4 Å². The van der Waals surface area contributed by atoms with E-state index in [0.29, 0.717) is 6.54 Å². The van der Waals surface area contributed by atoms with Gasteiger partial charge in [0.2, 0.25) is 0 Å². The van der Waals surface area contributed by atoms with Crippen LogP contribution in [0.1, 0.15) is 27.3 Å². The molecule has 1 aliphatic rings. The van der Waals surface area contributed by atoms with Crippen molar-refractivity contribution in [2.45, 2.75) is 26.9 Å². The molecule has 1 aliphatic heterocycles. The summed E-state index contributed by atoms with van der Waals surface area (Å²) in [6, 6.07) is 8.05. The molecule has 2 aromatic heterocycles. The maximum absolute atomic E-state index is 6.40. The fourth-order valence-electron chi connectivity index (χ4n) is 3.14. The van der Waals surface area contributed by atoms with Gasteiger partial charge in [0.05, 0.1) is 29.2 Å². The van der Waals surface area contributed by atoms with Gasteiger partial charge in [0, 0.05) is 17.5 Å². The van der Waals surface area contributed by atoms with E-state index in [1.54, 1.807) is 18.4 Å². The molecular formula is C19H18ClN3OS. The van der Waals surface area contributed by atoms with E-state index in [2.05, 4.69) is 34.3 Å². The van der Waals surface area contributed by atoms with Crippen LogP contribution in [-0.4, -0.2) is 17.9 Å². The summed E-state index contributed by atoms with van der Waals surface area (Å²) in [5, 5.41) is 5.38. The fraction of sp³-hybridized carbons (Fsp3) is 0.263. The van der Waals surface area contributed by atoms with E-state index in [4.69, 9.17) is 16.3 Å². The van der Waals surface area contributed by atoms with Crippen LogP contribution in [0.3, 0.4) is 0 Å². The number of pyridine rings is 1. The van der Waals surface area contributed by atoms with Gasteiger partial charge in [-0.25, -0.2) is 4.98 Å². The number of aromatic nitrogens is 1. The third-order valence-corrected chi connectivity index (χ3v) is 6.20. The Bertz CT molecular complexity index is 992. The van der Waals surface area contributed by atoms with Crippen LogP contribution < -0.4 is 10.1 Å². The highest BCUT2D eigenvalue weighted by Crippen LogP contribution is 2.39. The topological polar surface area (TPSA) is 46.5 Å². The van der Waals surface area contributed by atoms with Gasteiger partial charge in [-0.1, -0.05) is 23.7 Å². The molecule has 0 radical (unpaired) electrons. The molecule has 0 spiro atoms. The van der Waals surface area contributed by atoms with Crippen molar-refractivity contribution in [2.75, 3.05) is 7.11 Å². The molecule has 0 atom stereocenters. The number of hydrogen-bond donors (Lipinski definition) is 1. The van der Waals surface area contributed by atoms with Gasteiger partial charge in [-0.05, 0) is 37.1 Å². The summed E-state index contributed by atoms with van der Waals surface area (Å²) in [5.74, 6) is 1.81. The molecule has 6 heteroatoms. The van der Waals surface area contributed by atoms with Crippen molar-refractivity contribution < 1.29 is 4.74 Å². The maximum Gasteiger partial charge on any atom is 0.139 e. The predicted molar refractivity (Wildman–Crippen MR) is 104 cm³/mol. The molecule has 1 aromatic carbocycles. The van der Waals surface area contributed by atoms with Crippen LogP contribution in [0.5, 0.6) is 5.75 Å². The summed E-state index contributed by atoms with van der Waals surface area (Å²) in [5.41, 5.74) is 4.42. The molecule has 3 heterocycles. The highest BCUT2D eigenvalue weighted by molar-refractivity contribution is 7.20. The summed E-state index contributed by atoms with van der Waals surface area (Å²) < 4.78 is 5.20. The first-order valence-electron chi connectivity index (χ1n) is 8.08. The average molecular weight is 372 g/mol. The third-order valence-electron chi connectivity index (χ3n) is 4.51. The highest BCUT2D eigenvalue weighted by Gasteiger charge is 2.24. The number of rotatable bonds is 3. The van der Waals surface area contributed by atoms with Gasteiger partial charge in [-0.15, -0.1) is 11.3 Å². The summed E-state index contributed by atoms with van der Waals surface area (Å²) in [4.78, 5) is 11.6. The Morgan fingerprint density at radius 1 is 1.24 bits per heavy atom.